The van der Waals surface area contributed by atoms with Crippen LogP contribution in [0.1, 0.15) is 59.5 Å². The lowest BCUT2D eigenvalue weighted by molar-refractivity contribution is 0.0985. The van der Waals surface area contributed by atoms with E-state index in [0.29, 0.717) is 29.5 Å². The average molecular weight is 576 g/mol. The number of hydrogen-bond donors (Lipinski definition) is 2. The first-order valence-electron chi connectivity index (χ1n) is 13.2. The van der Waals surface area contributed by atoms with Crippen LogP contribution < -0.4 is 14.2 Å². The molecule has 1 fully saturated rings. The van der Waals surface area contributed by atoms with Crippen molar-refractivity contribution in [2.45, 2.75) is 44.6 Å². The summed E-state index contributed by atoms with van der Waals surface area (Å²) in [5, 5.41) is 0. The normalized spacial score (nSPS) is 13.4. The third-order valence-electron chi connectivity index (χ3n) is 7.04. The van der Waals surface area contributed by atoms with Crippen molar-refractivity contribution in [1.82, 2.24) is 0 Å². The van der Waals surface area contributed by atoms with Gasteiger partial charge >= 0.3 is 8.60 Å². The maximum atomic E-state index is 13.8. The smallest absolute Gasteiger partial charge is 0.391 e. The molecule has 0 bridgehead atoms. The van der Waals surface area contributed by atoms with Crippen molar-refractivity contribution >= 4 is 30.1 Å². The van der Waals surface area contributed by atoms with E-state index < -0.39 is 8.60 Å². The summed E-state index contributed by atoms with van der Waals surface area (Å²) < 4.78 is 11.0. The van der Waals surface area contributed by atoms with Gasteiger partial charge in [0.2, 0.25) is 0 Å². The molecule has 0 aliphatic heterocycles. The van der Waals surface area contributed by atoms with E-state index in [2.05, 4.69) is 24.3 Å². The van der Waals surface area contributed by atoms with Gasteiger partial charge in [-0.25, -0.2) is 0 Å². The molecule has 0 heterocycles. The lowest BCUT2D eigenvalue weighted by Crippen LogP contribution is -2.30. The minimum atomic E-state index is -2.57. The first kappa shape index (κ1) is 29.7. The van der Waals surface area contributed by atoms with Crippen molar-refractivity contribution in [2.24, 2.45) is 0 Å². The molecule has 1 aliphatic rings. The lowest BCUT2D eigenvalue weighted by atomic mass is 9.84. The number of hydrogen-bond acceptors (Lipinski definition) is 5. The van der Waals surface area contributed by atoms with Crippen molar-refractivity contribution in [2.75, 3.05) is 4.90 Å². The van der Waals surface area contributed by atoms with Crippen LogP contribution in [0.2, 0.25) is 0 Å². The van der Waals surface area contributed by atoms with Gasteiger partial charge < -0.3 is 23.9 Å². The van der Waals surface area contributed by atoms with Gasteiger partial charge in [0.1, 0.15) is 17.2 Å². The minimum Gasteiger partial charge on any atom is -0.457 e. The molecule has 1 saturated carbocycles. The Kier molecular flexibility index (Phi) is 10.7. The molecule has 6 nitrogen and oxygen atoms in total. The van der Waals surface area contributed by atoms with Gasteiger partial charge in [-0.3, -0.25) is 4.79 Å². The Morgan fingerprint density at radius 3 is 2.10 bits per heavy atom. The molecule has 4 aromatic carbocycles. The summed E-state index contributed by atoms with van der Waals surface area (Å²) >= 11 is 0. The van der Waals surface area contributed by atoms with E-state index in [1.807, 2.05) is 36.4 Å². The SMILES string of the molecule is O=C(c1ccc(Oc2ccccc2)cc1)N(Cc1ccc(C2CCCCC2)cc1)c1cccc(OP(O)O)c1.P. The van der Waals surface area contributed by atoms with Gasteiger partial charge in [-0.05, 0) is 78.4 Å². The number of anilines is 1. The zero-order valence-electron chi connectivity index (χ0n) is 22.4. The summed E-state index contributed by atoms with van der Waals surface area (Å²) in [6.07, 6.45) is 6.36. The summed E-state index contributed by atoms with van der Waals surface area (Å²) in [7, 11) is -2.57. The largest absolute Gasteiger partial charge is 0.457 e. The summed E-state index contributed by atoms with van der Waals surface area (Å²) in [5.74, 6) is 2.06. The molecule has 40 heavy (non-hydrogen) atoms. The van der Waals surface area contributed by atoms with Crippen LogP contribution in [0, 0.1) is 0 Å². The first-order valence-corrected chi connectivity index (χ1v) is 14.4. The van der Waals surface area contributed by atoms with Crippen LogP contribution in [0.15, 0.2) is 103 Å². The van der Waals surface area contributed by atoms with Gasteiger partial charge in [0.25, 0.3) is 5.91 Å². The zero-order chi connectivity index (χ0) is 27.0. The second-order valence-corrected chi connectivity index (χ2v) is 10.4. The molecule has 1 amide bonds. The molecule has 1 unspecified atom stereocenters. The first-order chi connectivity index (χ1) is 19.0. The maximum absolute atomic E-state index is 13.8. The number of rotatable bonds is 9. The van der Waals surface area contributed by atoms with E-state index in [-0.39, 0.29) is 21.6 Å². The number of carbonyl (C=O) groups is 1. The highest BCUT2D eigenvalue weighted by Crippen LogP contribution is 2.34. The highest BCUT2D eigenvalue weighted by Gasteiger charge is 2.21. The molecule has 8 heteroatoms. The van der Waals surface area contributed by atoms with Gasteiger partial charge in [-0.15, -0.1) is 0 Å². The number of benzene rings is 4. The Labute approximate surface area is 240 Å². The Balaban J connectivity index is 0.00000370. The fraction of sp³-hybridized carbons (Fsp3) is 0.219. The molecular weight excluding hydrogens is 540 g/mol. The Morgan fingerprint density at radius 1 is 0.775 bits per heavy atom. The summed E-state index contributed by atoms with van der Waals surface area (Å²) in [6, 6.07) is 31.9. The summed E-state index contributed by atoms with van der Waals surface area (Å²) in [6.45, 7) is 0.350. The van der Waals surface area contributed by atoms with E-state index in [0.717, 1.165) is 11.3 Å². The molecule has 0 radical (unpaired) electrons. The molecule has 4 aromatic rings. The molecule has 2 N–H and O–H groups in total. The van der Waals surface area contributed by atoms with Crippen molar-refractivity contribution in [3.8, 4) is 17.2 Å². The predicted molar refractivity (Wildman–Crippen MR) is 165 cm³/mol. The highest BCUT2D eigenvalue weighted by atomic mass is 31.2. The Hall–Kier alpha value is -3.27. The third-order valence-corrected chi connectivity index (χ3v) is 7.41. The van der Waals surface area contributed by atoms with E-state index in [4.69, 9.17) is 9.26 Å². The van der Waals surface area contributed by atoms with Crippen molar-refractivity contribution in [1.29, 1.82) is 0 Å². The van der Waals surface area contributed by atoms with Crippen LogP contribution in [-0.4, -0.2) is 15.7 Å². The van der Waals surface area contributed by atoms with Gasteiger partial charge in [0.05, 0.1) is 6.54 Å². The third kappa shape index (κ3) is 7.90. The minimum absolute atomic E-state index is 0. The van der Waals surface area contributed by atoms with Crippen molar-refractivity contribution < 1.29 is 23.8 Å². The summed E-state index contributed by atoms with van der Waals surface area (Å²) in [4.78, 5) is 34.1. The molecule has 1 atom stereocenters. The Morgan fingerprint density at radius 2 is 1.43 bits per heavy atom. The van der Waals surface area contributed by atoms with Crippen LogP contribution in [0.5, 0.6) is 17.2 Å². The van der Waals surface area contributed by atoms with Crippen molar-refractivity contribution in [3.05, 3.63) is 120 Å². The quantitative estimate of drug-likeness (QED) is 0.198. The second-order valence-electron chi connectivity index (χ2n) is 9.75. The van der Waals surface area contributed by atoms with Crippen LogP contribution in [-0.2, 0) is 6.54 Å². The predicted octanol–water partition coefficient (Wildman–Crippen LogP) is 8.02. The molecule has 1 aliphatic carbocycles. The van der Waals surface area contributed by atoms with Crippen LogP contribution in [0.25, 0.3) is 0 Å². The molecule has 208 valence electrons. The van der Waals surface area contributed by atoms with E-state index in [1.54, 1.807) is 47.4 Å². The number of ether oxygens (including phenoxy) is 1. The standard InChI is InChI=1S/C32H32NO5P.H3P/c34-32(27-18-20-30(21-19-27)37-29-11-5-2-6-12-29)33(28-10-7-13-31(22-28)38-39(35)36)23-24-14-16-26(17-15-24)25-8-3-1-4-9-25;/h2,5-7,10-22,25,35-36H,1,3-4,8-9,23H2;1H3. The second kappa shape index (κ2) is 14.4. The van der Waals surface area contributed by atoms with Gasteiger partial charge in [0.15, 0.2) is 0 Å². The van der Waals surface area contributed by atoms with E-state index >= 15 is 0 Å². The van der Waals surface area contributed by atoms with Gasteiger partial charge in [-0.1, -0.05) is 67.8 Å². The van der Waals surface area contributed by atoms with Gasteiger partial charge in [-0.2, -0.15) is 9.90 Å². The van der Waals surface area contributed by atoms with Gasteiger partial charge in [0, 0.05) is 17.3 Å². The number of nitrogens with zero attached hydrogens (tertiary/aromatic N) is 1. The number of carbonyl (C=O) groups excluding carboxylic acids is 1. The van der Waals surface area contributed by atoms with Crippen molar-refractivity contribution in [3.63, 3.8) is 0 Å². The molecular formula is C32H35NO5P2. The van der Waals surface area contributed by atoms with Crippen LogP contribution in [0.4, 0.5) is 5.69 Å². The number of amides is 1. The molecule has 0 saturated heterocycles. The fourth-order valence-corrected chi connectivity index (χ4v) is 5.34. The summed E-state index contributed by atoms with van der Waals surface area (Å²) in [5.41, 5.74) is 3.47. The highest BCUT2D eigenvalue weighted by molar-refractivity contribution is 7.39. The Bertz CT molecular complexity index is 1360. The topological polar surface area (TPSA) is 79.2 Å². The maximum Gasteiger partial charge on any atom is 0.391 e. The molecule has 0 aromatic heterocycles. The fourth-order valence-electron chi connectivity index (χ4n) is 5.04. The van der Waals surface area contributed by atoms with E-state index in [9.17, 15) is 14.6 Å². The van der Waals surface area contributed by atoms with E-state index in [1.165, 1.54) is 37.7 Å². The van der Waals surface area contributed by atoms with Crippen LogP contribution >= 0.6 is 18.5 Å². The lowest BCUT2D eigenvalue weighted by Gasteiger charge is -2.25. The number of para-hydroxylation sites is 1. The van der Waals surface area contributed by atoms with Crippen LogP contribution in [0.3, 0.4) is 0 Å². The monoisotopic (exact) mass is 575 g/mol. The average Bonchev–Trinajstić information content (AvgIpc) is 2.97. The molecule has 5 rings (SSSR count). The molecule has 0 spiro atoms. The zero-order valence-corrected chi connectivity index (χ0v) is 24.7.